The summed E-state index contributed by atoms with van der Waals surface area (Å²) in [5.41, 5.74) is 7.25. The maximum absolute atomic E-state index is 13.1. The van der Waals surface area contributed by atoms with Crippen LogP contribution in [0.15, 0.2) is 24.3 Å². The summed E-state index contributed by atoms with van der Waals surface area (Å²) in [6, 6.07) is 7.43. The van der Waals surface area contributed by atoms with Crippen LogP contribution in [0.25, 0.3) is 0 Å². The molecule has 2 aliphatic rings. The summed E-state index contributed by atoms with van der Waals surface area (Å²) in [7, 11) is 0. The molecule has 2 atom stereocenters. The van der Waals surface area contributed by atoms with E-state index in [0.29, 0.717) is 18.4 Å². The lowest BCUT2D eigenvalue weighted by atomic mass is 10.0. The predicted molar refractivity (Wildman–Crippen MR) is 98.0 cm³/mol. The Kier molecular flexibility index (Phi) is 5.64. The van der Waals surface area contributed by atoms with Gasteiger partial charge in [-0.05, 0) is 51.0 Å². The Labute approximate surface area is 160 Å². The Morgan fingerprint density at radius 2 is 1.92 bits per heavy atom. The zero-order chi connectivity index (χ0) is 17.6. The van der Waals surface area contributed by atoms with Gasteiger partial charge in [-0.15, -0.1) is 11.8 Å². The normalized spacial score (nSPS) is 24.6. The maximum Gasteiger partial charge on any atom is 0.445 e. The van der Waals surface area contributed by atoms with Crippen LogP contribution in [0.1, 0.15) is 34.6 Å². The minimum Gasteiger partial charge on any atom is -1.00 e. The Balaban J connectivity index is 0.00000225. The summed E-state index contributed by atoms with van der Waals surface area (Å²) in [5.74, 6) is 1.78. The molecule has 138 valence electrons. The highest BCUT2D eigenvalue weighted by atomic mass is 35.5. The molecule has 1 aromatic rings. The number of halogens is 1. The van der Waals surface area contributed by atoms with Crippen LogP contribution < -0.4 is 22.9 Å². The van der Waals surface area contributed by atoms with E-state index in [2.05, 4.69) is 27.7 Å². The third-order valence-electron chi connectivity index (χ3n) is 4.56. The number of fused-ring (bicyclic) bond motifs is 1. The first-order chi connectivity index (χ1) is 11.3. The van der Waals surface area contributed by atoms with Crippen molar-refractivity contribution in [3.63, 3.8) is 0 Å². The summed E-state index contributed by atoms with van der Waals surface area (Å²) in [4.78, 5) is 15.1. The second-order valence-electron chi connectivity index (χ2n) is 7.14. The summed E-state index contributed by atoms with van der Waals surface area (Å²) in [5, 5.41) is 0.142. The highest BCUT2D eigenvalue weighted by Gasteiger charge is 2.62. The summed E-state index contributed by atoms with van der Waals surface area (Å²) in [6.45, 7) is 11.2. The number of rotatable bonds is 4. The molecule has 3 rings (SSSR count). The van der Waals surface area contributed by atoms with Crippen LogP contribution in [0.3, 0.4) is 0 Å². The van der Waals surface area contributed by atoms with E-state index < -0.39 is 0 Å². The zero-order valence-electron chi connectivity index (χ0n) is 15.3. The molecule has 2 N–H and O–H groups in total. The molecule has 1 fully saturated rings. The van der Waals surface area contributed by atoms with Gasteiger partial charge in [0.1, 0.15) is 16.8 Å². The standard InChI is InChI=1S/C18H25N3O2S.ClH/c1-6-23-13-9-7-12(8-10-13)20-15(19)14-18(4,5)24-16(11(2)3)21(14)17(20)22;/h7-11,14,16,19H,6H2,1-5H3;1H. The number of hydrogen-bond acceptors (Lipinski definition) is 4. The number of amides is 2. The van der Waals surface area contributed by atoms with E-state index in [-0.39, 0.29) is 34.6 Å². The number of carbonyl (C=O) groups is 1. The van der Waals surface area contributed by atoms with Gasteiger partial charge >= 0.3 is 6.03 Å². The quantitative estimate of drug-likeness (QED) is 0.765. The Morgan fingerprint density at radius 3 is 2.44 bits per heavy atom. The van der Waals surface area contributed by atoms with Gasteiger partial charge in [-0.2, -0.15) is 4.58 Å². The Bertz CT molecular complexity index is 688. The van der Waals surface area contributed by atoms with Gasteiger partial charge in [-0.25, -0.2) is 9.69 Å². The number of thioether (sulfide) groups is 1. The van der Waals surface area contributed by atoms with Crippen molar-refractivity contribution >= 4 is 29.3 Å². The van der Waals surface area contributed by atoms with Gasteiger partial charge in [0.05, 0.1) is 11.4 Å². The average molecular weight is 384 g/mol. The second kappa shape index (κ2) is 7.08. The lowest BCUT2D eigenvalue weighted by molar-refractivity contribution is -0.333. The monoisotopic (exact) mass is 383 g/mol. The number of hydrogen-bond donors (Lipinski definition) is 1. The SMILES string of the molecule is CCOc1ccc([N+]2=C(N)C3N(C2=O)C(C(C)C)SC3(C)C)cc1.[Cl-]. The van der Waals surface area contributed by atoms with E-state index >= 15 is 0 Å². The fourth-order valence-corrected chi connectivity index (χ4v) is 5.14. The number of carbonyl (C=O) groups excluding carboxylic acids is 1. The Hall–Kier alpha value is -1.40. The molecule has 0 bridgehead atoms. The van der Waals surface area contributed by atoms with Crippen molar-refractivity contribution in [1.82, 2.24) is 4.90 Å². The average Bonchev–Trinajstić information content (AvgIpc) is 2.95. The minimum atomic E-state index is -0.102. The summed E-state index contributed by atoms with van der Waals surface area (Å²) < 4.78 is 7.03. The number of nitrogens with two attached hydrogens (primary N) is 1. The van der Waals surface area contributed by atoms with Gasteiger partial charge in [0.2, 0.25) is 5.84 Å². The molecule has 2 unspecified atom stereocenters. The molecule has 5 nitrogen and oxygen atoms in total. The number of ether oxygens (including phenoxy) is 1. The molecule has 1 saturated heterocycles. The van der Waals surface area contributed by atoms with Gasteiger partial charge in [0, 0.05) is 0 Å². The van der Waals surface area contributed by atoms with Crippen molar-refractivity contribution in [3.8, 4) is 5.75 Å². The fourth-order valence-electron chi connectivity index (χ4n) is 3.56. The van der Waals surface area contributed by atoms with Gasteiger partial charge < -0.3 is 22.9 Å². The molecule has 2 aliphatic heterocycles. The first-order valence-electron chi connectivity index (χ1n) is 8.43. The summed E-state index contributed by atoms with van der Waals surface area (Å²) >= 11 is 1.84. The zero-order valence-corrected chi connectivity index (χ0v) is 16.9. The molecule has 25 heavy (non-hydrogen) atoms. The van der Waals surface area contributed by atoms with E-state index in [4.69, 9.17) is 10.5 Å². The first-order valence-corrected chi connectivity index (χ1v) is 9.31. The molecule has 0 spiro atoms. The van der Waals surface area contributed by atoms with Crippen LogP contribution in [-0.2, 0) is 0 Å². The molecule has 0 saturated carbocycles. The maximum atomic E-state index is 13.1. The van der Waals surface area contributed by atoms with Crippen LogP contribution in [0.2, 0.25) is 0 Å². The highest BCUT2D eigenvalue weighted by Crippen LogP contribution is 2.49. The molecular weight excluding hydrogens is 358 g/mol. The van der Waals surface area contributed by atoms with Gasteiger partial charge in [-0.1, -0.05) is 13.8 Å². The van der Waals surface area contributed by atoms with Crippen molar-refractivity contribution in [3.05, 3.63) is 24.3 Å². The number of benzene rings is 1. The third-order valence-corrected chi connectivity index (χ3v) is 6.41. The van der Waals surface area contributed by atoms with Crippen molar-refractivity contribution in [2.45, 2.75) is 50.8 Å². The van der Waals surface area contributed by atoms with Crippen molar-refractivity contribution in [2.75, 3.05) is 6.61 Å². The van der Waals surface area contributed by atoms with Crippen LogP contribution in [0, 0.1) is 5.92 Å². The minimum absolute atomic E-state index is 0. The van der Waals surface area contributed by atoms with Crippen LogP contribution in [0.4, 0.5) is 10.5 Å². The Morgan fingerprint density at radius 1 is 1.32 bits per heavy atom. The van der Waals surface area contributed by atoms with Gasteiger partial charge in [0.15, 0.2) is 6.04 Å². The van der Waals surface area contributed by atoms with E-state index in [0.717, 1.165) is 11.4 Å². The largest absolute Gasteiger partial charge is 1.00 e. The second-order valence-corrected chi connectivity index (χ2v) is 8.91. The van der Waals surface area contributed by atoms with Gasteiger partial charge in [-0.3, -0.25) is 0 Å². The summed E-state index contributed by atoms with van der Waals surface area (Å²) in [6.07, 6.45) is 0. The van der Waals surface area contributed by atoms with E-state index in [1.54, 1.807) is 4.58 Å². The van der Waals surface area contributed by atoms with Crippen molar-refractivity contribution < 1.29 is 26.5 Å². The topological polar surface area (TPSA) is 58.6 Å². The molecule has 0 aromatic heterocycles. The van der Waals surface area contributed by atoms with Crippen LogP contribution in [-0.4, -0.2) is 44.1 Å². The van der Waals surface area contributed by atoms with E-state index in [9.17, 15) is 4.79 Å². The number of nitrogens with zero attached hydrogens (tertiary/aromatic N) is 2. The predicted octanol–water partition coefficient (Wildman–Crippen LogP) is 0.402. The molecular formula is C18H26ClN3O2S. The smallest absolute Gasteiger partial charge is 0.445 e. The van der Waals surface area contributed by atoms with E-state index in [1.807, 2.05) is 47.9 Å². The lowest BCUT2D eigenvalue weighted by Crippen LogP contribution is -3.00. The lowest BCUT2D eigenvalue weighted by Gasteiger charge is -2.20. The number of amidine groups is 1. The molecule has 7 heteroatoms. The van der Waals surface area contributed by atoms with Gasteiger partial charge in [0.25, 0.3) is 0 Å². The highest BCUT2D eigenvalue weighted by molar-refractivity contribution is 8.01. The van der Waals surface area contributed by atoms with E-state index in [1.165, 1.54) is 0 Å². The number of urea groups is 1. The molecule has 0 aliphatic carbocycles. The molecule has 2 heterocycles. The van der Waals surface area contributed by atoms with Crippen molar-refractivity contribution in [2.24, 2.45) is 11.7 Å². The van der Waals surface area contributed by atoms with Crippen molar-refractivity contribution in [1.29, 1.82) is 0 Å². The molecule has 1 aromatic carbocycles. The fraction of sp³-hybridized carbons (Fsp3) is 0.556. The van der Waals surface area contributed by atoms with Crippen LogP contribution >= 0.6 is 11.8 Å². The third kappa shape index (κ3) is 3.22. The molecule has 2 amide bonds. The first kappa shape index (κ1) is 19.9. The molecule has 0 radical (unpaired) electrons. The van der Waals surface area contributed by atoms with Crippen LogP contribution in [0.5, 0.6) is 5.75 Å².